The molecule has 1 saturated carbocycles. The quantitative estimate of drug-likeness (QED) is 0.661. The van der Waals surface area contributed by atoms with Crippen molar-refractivity contribution in [2.24, 2.45) is 0 Å². The van der Waals surface area contributed by atoms with Gasteiger partial charge in [0.25, 0.3) is 5.56 Å². The molecule has 2 fully saturated rings. The standard InChI is InChI=1S/C24H34N4O4S/c1-17(2)27(14-22-25-21-11-7-6-10-20(21)24(30)26-22)15-23(29)28(18-8-4-3-5-9-18)19-12-13-33(31,32)16-19/h6-7,10-11,17-19H,3-5,8-9,12-16H2,1-2H3,(H,25,26,30). The number of hydrogen-bond donors (Lipinski definition) is 1. The fourth-order valence-corrected chi connectivity index (χ4v) is 6.85. The third-order valence-electron chi connectivity index (χ3n) is 6.94. The molecule has 1 aliphatic carbocycles. The Morgan fingerprint density at radius 3 is 2.52 bits per heavy atom. The van der Waals surface area contributed by atoms with Gasteiger partial charge < -0.3 is 9.88 Å². The maximum atomic E-state index is 13.6. The number of fused-ring (bicyclic) bond motifs is 1. The van der Waals surface area contributed by atoms with Crippen LogP contribution in [0.25, 0.3) is 10.9 Å². The number of sulfone groups is 1. The van der Waals surface area contributed by atoms with Crippen LogP contribution in [0.1, 0.15) is 58.2 Å². The number of carbonyl (C=O) groups excluding carboxylic acids is 1. The highest BCUT2D eigenvalue weighted by atomic mass is 32.2. The van der Waals surface area contributed by atoms with Gasteiger partial charge in [-0.05, 0) is 45.2 Å². The van der Waals surface area contributed by atoms with Crippen LogP contribution in [0.3, 0.4) is 0 Å². The number of amides is 1. The molecule has 1 aliphatic heterocycles. The zero-order valence-corrected chi connectivity index (χ0v) is 20.3. The van der Waals surface area contributed by atoms with Crippen molar-refractivity contribution in [1.29, 1.82) is 0 Å². The average Bonchev–Trinajstić information content (AvgIpc) is 3.13. The Morgan fingerprint density at radius 1 is 1.12 bits per heavy atom. The Balaban J connectivity index is 1.55. The zero-order valence-electron chi connectivity index (χ0n) is 19.5. The minimum absolute atomic E-state index is 0.0270. The number of nitrogens with one attached hydrogen (secondary N) is 1. The number of H-pyrrole nitrogens is 1. The van der Waals surface area contributed by atoms with E-state index in [4.69, 9.17) is 0 Å². The van der Waals surface area contributed by atoms with Gasteiger partial charge in [0.05, 0.1) is 35.5 Å². The molecule has 1 aromatic heterocycles. The first-order valence-electron chi connectivity index (χ1n) is 12.0. The number of aromatic amines is 1. The van der Waals surface area contributed by atoms with E-state index in [1.54, 1.807) is 12.1 Å². The van der Waals surface area contributed by atoms with Crippen molar-refractivity contribution in [1.82, 2.24) is 19.8 Å². The number of aromatic nitrogens is 2. The fourth-order valence-electron chi connectivity index (χ4n) is 5.14. The van der Waals surface area contributed by atoms with Gasteiger partial charge in [0.2, 0.25) is 5.91 Å². The molecule has 1 atom stereocenters. The van der Waals surface area contributed by atoms with Crippen molar-refractivity contribution < 1.29 is 13.2 Å². The number of rotatable bonds is 7. The number of carbonyl (C=O) groups is 1. The van der Waals surface area contributed by atoms with Crippen molar-refractivity contribution in [2.75, 3.05) is 18.1 Å². The van der Waals surface area contributed by atoms with Crippen LogP contribution in [0.5, 0.6) is 0 Å². The van der Waals surface area contributed by atoms with Crippen molar-refractivity contribution >= 4 is 26.6 Å². The molecule has 180 valence electrons. The lowest BCUT2D eigenvalue weighted by Gasteiger charge is -2.40. The summed E-state index contributed by atoms with van der Waals surface area (Å²) in [5.74, 6) is 0.717. The lowest BCUT2D eigenvalue weighted by atomic mass is 9.92. The topological polar surface area (TPSA) is 103 Å². The molecule has 2 aliphatic rings. The zero-order chi connectivity index (χ0) is 23.6. The summed E-state index contributed by atoms with van der Waals surface area (Å²) in [5, 5.41) is 0.541. The average molecular weight is 475 g/mol. The first kappa shape index (κ1) is 23.9. The van der Waals surface area contributed by atoms with E-state index in [2.05, 4.69) is 9.97 Å². The van der Waals surface area contributed by atoms with E-state index in [1.807, 2.05) is 35.8 Å². The summed E-state index contributed by atoms with van der Waals surface area (Å²) >= 11 is 0. The second-order valence-electron chi connectivity index (χ2n) is 9.68. The molecule has 0 bridgehead atoms. The Kier molecular flexibility index (Phi) is 7.19. The molecular formula is C24H34N4O4S. The number of benzene rings is 1. The minimum atomic E-state index is -3.09. The lowest BCUT2D eigenvalue weighted by molar-refractivity contribution is -0.138. The summed E-state index contributed by atoms with van der Waals surface area (Å²) in [4.78, 5) is 37.4. The molecule has 2 heterocycles. The Bertz CT molecular complexity index is 1150. The molecule has 1 saturated heterocycles. The van der Waals surface area contributed by atoms with E-state index in [0.29, 0.717) is 29.7 Å². The first-order chi connectivity index (χ1) is 15.7. The van der Waals surface area contributed by atoms with Crippen LogP contribution in [0.15, 0.2) is 29.1 Å². The predicted molar refractivity (Wildman–Crippen MR) is 129 cm³/mol. The molecule has 1 N–H and O–H groups in total. The molecule has 1 aromatic carbocycles. The van der Waals surface area contributed by atoms with Gasteiger partial charge in [-0.25, -0.2) is 13.4 Å². The van der Waals surface area contributed by atoms with Crippen molar-refractivity contribution in [3.05, 3.63) is 40.4 Å². The summed E-state index contributed by atoms with van der Waals surface area (Å²) < 4.78 is 24.3. The van der Waals surface area contributed by atoms with Crippen molar-refractivity contribution in [2.45, 2.75) is 77.0 Å². The molecule has 4 rings (SSSR count). The number of para-hydroxylation sites is 1. The molecule has 1 unspecified atom stereocenters. The molecule has 9 heteroatoms. The maximum Gasteiger partial charge on any atom is 0.258 e. The van der Waals surface area contributed by atoms with Crippen LogP contribution in [0.4, 0.5) is 0 Å². The molecule has 2 aromatic rings. The van der Waals surface area contributed by atoms with Gasteiger partial charge in [-0.15, -0.1) is 0 Å². The van der Waals surface area contributed by atoms with Crippen LogP contribution in [0.2, 0.25) is 0 Å². The summed E-state index contributed by atoms with van der Waals surface area (Å²) in [6, 6.07) is 7.12. The van der Waals surface area contributed by atoms with Crippen LogP contribution in [0, 0.1) is 0 Å². The second-order valence-corrected chi connectivity index (χ2v) is 11.9. The molecule has 0 spiro atoms. The van der Waals surface area contributed by atoms with Gasteiger partial charge in [0.1, 0.15) is 5.82 Å². The summed E-state index contributed by atoms with van der Waals surface area (Å²) in [7, 11) is -3.09. The van der Waals surface area contributed by atoms with Gasteiger partial charge in [0, 0.05) is 18.1 Å². The van der Waals surface area contributed by atoms with E-state index in [-0.39, 0.29) is 47.6 Å². The summed E-state index contributed by atoms with van der Waals surface area (Å²) in [5.41, 5.74) is 0.442. The SMILES string of the molecule is CC(C)N(CC(=O)N(C1CCCCC1)C1CCS(=O)(=O)C1)Cc1nc2ccccc2c(=O)[nH]1. The van der Waals surface area contributed by atoms with E-state index in [0.717, 1.165) is 25.7 Å². The normalized spacial score (nSPS) is 21.2. The minimum Gasteiger partial charge on any atom is -0.335 e. The molecule has 1 amide bonds. The number of nitrogens with zero attached hydrogens (tertiary/aromatic N) is 3. The van der Waals surface area contributed by atoms with Crippen molar-refractivity contribution in [3.8, 4) is 0 Å². The highest BCUT2D eigenvalue weighted by Gasteiger charge is 2.39. The fraction of sp³-hybridized carbons (Fsp3) is 0.625. The third-order valence-corrected chi connectivity index (χ3v) is 8.69. The van der Waals surface area contributed by atoms with Gasteiger partial charge in [-0.2, -0.15) is 0 Å². The highest BCUT2D eigenvalue weighted by Crippen LogP contribution is 2.28. The van der Waals surface area contributed by atoms with Crippen LogP contribution in [-0.2, 0) is 21.2 Å². The molecular weight excluding hydrogens is 440 g/mol. The van der Waals surface area contributed by atoms with Crippen LogP contribution < -0.4 is 5.56 Å². The Morgan fingerprint density at radius 2 is 1.85 bits per heavy atom. The van der Waals surface area contributed by atoms with Gasteiger partial charge in [-0.1, -0.05) is 31.4 Å². The summed E-state index contributed by atoms with van der Waals surface area (Å²) in [6.45, 7) is 4.53. The highest BCUT2D eigenvalue weighted by molar-refractivity contribution is 7.91. The molecule has 33 heavy (non-hydrogen) atoms. The van der Waals surface area contributed by atoms with Gasteiger partial charge in [-0.3, -0.25) is 14.5 Å². The predicted octanol–water partition coefficient (Wildman–Crippen LogP) is 2.48. The first-order valence-corrected chi connectivity index (χ1v) is 13.8. The van der Waals surface area contributed by atoms with Gasteiger partial charge >= 0.3 is 0 Å². The number of hydrogen-bond acceptors (Lipinski definition) is 6. The van der Waals surface area contributed by atoms with E-state index >= 15 is 0 Å². The Hall–Kier alpha value is -2.26. The van der Waals surface area contributed by atoms with Crippen LogP contribution >= 0.6 is 0 Å². The van der Waals surface area contributed by atoms with E-state index in [1.165, 1.54) is 6.42 Å². The lowest BCUT2D eigenvalue weighted by Crippen LogP contribution is -2.52. The maximum absolute atomic E-state index is 13.6. The van der Waals surface area contributed by atoms with Crippen molar-refractivity contribution in [3.63, 3.8) is 0 Å². The van der Waals surface area contributed by atoms with Gasteiger partial charge in [0.15, 0.2) is 9.84 Å². The monoisotopic (exact) mass is 474 g/mol. The largest absolute Gasteiger partial charge is 0.335 e. The third kappa shape index (κ3) is 5.63. The van der Waals surface area contributed by atoms with E-state index in [9.17, 15) is 18.0 Å². The molecule has 8 nitrogen and oxygen atoms in total. The van der Waals surface area contributed by atoms with E-state index < -0.39 is 9.84 Å². The molecule has 0 radical (unpaired) electrons. The second kappa shape index (κ2) is 9.93. The smallest absolute Gasteiger partial charge is 0.258 e. The Labute approximate surface area is 195 Å². The summed E-state index contributed by atoms with van der Waals surface area (Å²) in [6.07, 6.45) is 5.70. The van der Waals surface area contributed by atoms with Crippen LogP contribution in [-0.4, -0.2) is 70.3 Å².